The van der Waals surface area contributed by atoms with Crippen LogP contribution in [0.5, 0.6) is 0 Å². The molecule has 8 rings (SSSR count). The molecule has 0 aliphatic rings. The number of para-hydroxylation sites is 1. The summed E-state index contributed by atoms with van der Waals surface area (Å²) < 4.78 is 6.33. The fourth-order valence-electron chi connectivity index (χ4n) is 5.93. The summed E-state index contributed by atoms with van der Waals surface area (Å²) in [6.45, 7) is 0. The van der Waals surface area contributed by atoms with Crippen molar-refractivity contribution in [3.63, 3.8) is 0 Å². The zero-order valence-electron chi connectivity index (χ0n) is 24.0. The second-order valence-corrected chi connectivity index (χ2v) is 10.8. The van der Waals surface area contributed by atoms with Gasteiger partial charge in [0, 0.05) is 27.9 Å². The number of hydrogen-bond acceptors (Lipinski definition) is 3. The van der Waals surface area contributed by atoms with Crippen molar-refractivity contribution < 1.29 is 4.42 Å². The Labute approximate surface area is 256 Å². The summed E-state index contributed by atoms with van der Waals surface area (Å²) in [6.07, 6.45) is 0. The molecule has 0 atom stereocenters. The average Bonchev–Trinajstić information content (AvgIpc) is 3.55. The van der Waals surface area contributed by atoms with E-state index in [4.69, 9.17) is 9.40 Å². The molecule has 8 aromatic rings. The Bertz CT molecular complexity index is 2200. The molecule has 44 heavy (non-hydrogen) atoms. The van der Waals surface area contributed by atoms with Crippen LogP contribution in [-0.4, -0.2) is 4.98 Å². The normalized spacial score (nSPS) is 11.2. The Morgan fingerprint density at radius 1 is 0.432 bits per heavy atom. The van der Waals surface area contributed by atoms with Crippen LogP contribution in [0, 0.1) is 0 Å². The van der Waals surface area contributed by atoms with Gasteiger partial charge in [-0.1, -0.05) is 121 Å². The molecular weight excluding hydrogens is 536 g/mol. The van der Waals surface area contributed by atoms with Gasteiger partial charge in [-0.15, -0.1) is 0 Å². The molecule has 0 radical (unpaired) electrons. The first kappa shape index (κ1) is 25.8. The van der Waals surface area contributed by atoms with Gasteiger partial charge in [-0.05, 0) is 70.6 Å². The third-order valence-electron chi connectivity index (χ3n) is 8.11. The lowest BCUT2D eigenvalue weighted by molar-refractivity contribution is 0.621. The molecule has 0 bridgehead atoms. The number of nitrogens with zero attached hydrogens (tertiary/aromatic N) is 2. The van der Waals surface area contributed by atoms with Crippen LogP contribution in [0.2, 0.25) is 0 Å². The van der Waals surface area contributed by atoms with E-state index in [-0.39, 0.29) is 0 Å². The van der Waals surface area contributed by atoms with Gasteiger partial charge in [0.25, 0.3) is 0 Å². The van der Waals surface area contributed by atoms with Gasteiger partial charge in [-0.2, -0.15) is 0 Å². The minimum atomic E-state index is 0.630. The average molecular weight is 565 g/mol. The van der Waals surface area contributed by atoms with Gasteiger partial charge in [0.2, 0.25) is 5.89 Å². The highest BCUT2D eigenvalue weighted by Crippen LogP contribution is 2.41. The molecule has 0 aliphatic heterocycles. The number of benzene rings is 7. The predicted molar refractivity (Wildman–Crippen MR) is 183 cm³/mol. The van der Waals surface area contributed by atoms with Crippen LogP contribution in [0.3, 0.4) is 0 Å². The highest BCUT2D eigenvalue weighted by molar-refractivity contribution is 5.99. The highest BCUT2D eigenvalue weighted by atomic mass is 16.3. The molecule has 0 aliphatic carbocycles. The summed E-state index contributed by atoms with van der Waals surface area (Å²) in [4.78, 5) is 7.11. The van der Waals surface area contributed by atoms with Gasteiger partial charge in [0.15, 0.2) is 5.58 Å². The molecule has 0 unspecified atom stereocenters. The molecule has 1 heterocycles. The van der Waals surface area contributed by atoms with Gasteiger partial charge < -0.3 is 9.32 Å². The molecule has 3 nitrogen and oxygen atoms in total. The molecule has 0 spiro atoms. The Morgan fingerprint density at radius 2 is 1.00 bits per heavy atom. The van der Waals surface area contributed by atoms with Crippen molar-refractivity contribution in [2.75, 3.05) is 4.90 Å². The van der Waals surface area contributed by atoms with Crippen LogP contribution < -0.4 is 4.90 Å². The first-order valence-corrected chi connectivity index (χ1v) is 14.8. The van der Waals surface area contributed by atoms with E-state index in [0.29, 0.717) is 5.89 Å². The van der Waals surface area contributed by atoms with Crippen molar-refractivity contribution in [1.29, 1.82) is 0 Å². The van der Waals surface area contributed by atoms with Crippen molar-refractivity contribution in [1.82, 2.24) is 4.98 Å². The van der Waals surface area contributed by atoms with E-state index in [9.17, 15) is 0 Å². The lowest BCUT2D eigenvalue weighted by Crippen LogP contribution is -2.10. The maximum absolute atomic E-state index is 6.33. The zero-order valence-corrected chi connectivity index (χ0v) is 24.0. The molecule has 0 saturated carbocycles. The fraction of sp³-hybridized carbons (Fsp3) is 0. The van der Waals surface area contributed by atoms with Crippen molar-refractivity contribution in [3.8, 4) is 33.7 Å². The van der Waals surface area contributed by atoms with Gasteiger partial charge in [-0.25, -0.2) is 4.98 Å². The number of aromatic nitrogens is 1. The summed E-state index contributed by atoms with van der Waals surface area (Å²) in [5.41, 5.74) is 10.4. The zero-order chi connectivity index (χ0) is 29.3. The second kappa shape index (κ2) is 11.0. The Kier molecular flexibility index (Phi) is 6.47. The smallest absolute Gasteiger partial charge is 0.227 e. The van der Waals surface area contributed by atoms with Crippen LogP contribution in [0.15, 0.2) is 174 Å². The summed E-state index contributed by atoms with van der Waals surface area (Å²) in [6, 6.07) is 59.3. The monoisotopic (exact) mass is 564 g/mol. The topological polar surface area (TPSA) is 29.3 Å². The maximum Gasteiger partial charge on any atom is 0.227 e. The third-order valence-corrected chi connectivity index (χ3v) is 8.11. The molecule has 208 valence electrons. The fourth-order valence-corrected chi connectivity index (χ4v) is 5.93. The molecular formula is C41H28N2O. The minimum absolute atomic E-state index is 0.630. The Morgan fingerprint density at radius 3 is 1.73 bits per heavy atom. The lowest BCUT2D eigenvalue weighted by Gasteiger charge is -2.27. The summed E-state index contributed by atoms with van der Waals surface area (Å²) in [5, 5.41) is 2.41. The number of oxazole rings is 1. The molecule has 1 aromatic heterocycles. The summed E-state index contributed by atoms with van der Waals surface area (Å²) in [5.74, 6) is 0.630. The molecule has 0 N–H and O–H groups in total. The number of hydrogen-bond donors (Lipinski definition) is 0. The number of anilines is 3. The van der Waals surface area contributed by atoms with E-state index >= 15 is 0 Å². The molecule has 0 fully saturated rings. The van der Waals surface area contributed by atoms with Gasteiger partial charge in [-0.3, -0.25) is 0 Å². The standard InChI is InChI=1S/C41H28N2O/c1-3-11-29(12-4-1)30-21-25-34(26-22-30)43(39-20-9-16-31-13-7-8-17-36(31)39)35-27-23-32(24-28-35)37-18-10-19-38-40(37)44-41(42-38)33-14-5-2-6-15-33/h1-28H. The van der Waals surface area contributed by atoms with Crippen molar-refractivity contribution in [3.05, 3.63) is 170 Å². The minimum Gasteiger partial charge on any atom is -0.435 e. The van der Waals surface area contributed by atoms with Crippen molar-refractivity contribution in [2.45, 2.75) is 0 Å². The molecule has 7 aromatic carbocycles. The van der Waals surface area contributed by atoms with E-state index in [1.807, 2.05) is 42.5 Å². The van der Waals surface area contributed by atoms with Crippen LogP contribution in [0.1, 0.15) is 0 Å². The maximum atomic E-state index is 6.33. The quantitative estimate of drug-likeness (QED) is 0.201. The largest absolute Gasteiger partial charge is 0.435 e. The summed E-state index contributed by atoms with van der Waals surface area (Å²) in [7, 11) is 0. The van der Waals surface area contributed by atoms with E-state index in [1.54, 1.807) is 0 Å². The third kappa shape index (κ3) is 4.71. The van der Waals surface area contributed by atoms with Gasteiger partial charge in [0.05, 0.1) is 5.69 Å². The lowest BCUT2D eigenvalue weighted by atomic mass is 10.0. The molecule has 0 saturated heterocycles. The SMILES string of the molecule is c1ccc(-c2ccc(N(c3ccc(-c4cccc5nc(-c6ccccc6)oc45)cc3)c3cccc4ccccc34)cc2)cc1. The van der Waals surface area contributed by atoms with Gasteiger partial charge in [0.1, 0.15) is 5.52 Å². The van der Waals surface area contributed by atoms with Crippen LogP contribution >= 0.6 is 0 Å². The Hall–Kier alpha value is -5.93. The van der Waals surface area contributed by atoms with Crippen LogP contribution in [0.4, 0.5) is 17.1 Å². The number of fused-ring (bicyclic) bond motifs is 2. The van der Waals surface area contributed by atoms with E-state index in [2.05, 4.69) is 132 Å². The summed E-state index contributed by atoms with van der Waals surface area (Å²) >= 11 is 0. The van der Waals surface area contributed by atoms with Crippen molar-refractivity contribution >= 4 is 38.9 Å². The molecule has 0 amide bonds. The van der Waals surface area contributed by atoms with Crippen LogP contribution in [0.25, 0.3) is 55.6 Å². The van der Waals surface area contributed by atoms with Gasteiger partial charge >= 0.3 is 0 Å². The first-order chi connectivity index (χ1) is 21.8. The van der Waals surface area contributed by atoms with Crippen LogP contribution in [-0.2, 0) is 0 Å². The van der Waals surface area contributed by atoms with E-state index < -0.39 is 0 Å². The molecule has 3 heteroatoms. The van der Waals surface area contributed by atoms with E-state index in [0.717, 1.165) is 44.9 Å². The highest BCUT2D eigenvalue weighted by Gasteiger charge is 2.17. The first-order valence-electron chi connectivity index (χ1n) is 14.8. The predicted octanol–water partition coefficient (Wildman–Crippen LogP) is 11.5. The number of rotatable bonds is 6. The Balaban J connectivity index is 1.22. The second-order valence-electron chi connectivity index (χ2n) is 10.8. The van der Waals surface area contributed by atoms with E-state index in [1.165, 1.54) is 21.9 Å². The van der Waals surface area contributed by atoms with Crippen molar-refractivity contribution in [2.24, 2.45) is 0 Å².